The average Bonchev–Trinajstić information content (AvgIpc) is 3.45. The van der Waals surface area contributed by atoms with Crippen molar-refractivity contribution in [2.45, 2.75) is 39.3 Å². The number of nitrogens with zero attached hydrogens (tertiary/aromatic N) is 4. The van der Waals surface area contributed by atoms with E-state index >= 15 is 0 Å². The van der Waals surface area contributed by atoms with Crippen molar-refractivity contribution in [2.75, 3.05) is 14.2 Å². The summed E-state index contributed by atoms with van der Waals surface area (Å²) < 4.78 is 16.9. The van der Waals surface area contributed by atoms with Crippen molar-refractivity contribution in [3.8, 4) is 17.2 Å². The van der Waals surface area contributed by atoms with Crippen LogP contribution in [0.25, 0.3) is 11.5 Å². The molecule has 2 heterocycles. The van der Waals surface area contributed by atoms with Crippen molar-refractivity contribution in [1.82, 2.24) is 20.1 Å². The Labute approximate surface area is 203 Å². The molecule has 0 bridgehead atoms. The molecule has 9 nitrogen and oxygen atoms in total. The van der Waals surface area contributed by atoms with Gasteiger partial charge in [0.05, 0.1) is 24.8 Å². The highest BCUT2D eigenvalue weighted by atomic mass is 16.5. The molecular weight excluding hydrogens is 446 g/mol. The van der Waals surface area contributed by atoms with Crippen LogP contribution in [-0.4, -0.2) is 40.1 Å². The highest BCUT2D eigenvalue weighted by Gasteiger charge is 2.29. The molecule has 9 heteroatoms. The van der Waals surface area contributed by atoms with Crippen molar-refractivity contribution in [1.29, 1.82) is 0 Å². The molecule has 1 amide bonds. The molecule has 0 spiro atoms. The third-order valence-corrected chi connectivity index (χ3v) is 5.74. The first-order valence-corrected chi connectivity index (χ1v) is 11.2. The largest absolute Gasteiger partial charge is 0.496 e. The van der Waals surface area contributed by atoms with Gasteiger partial charge >= 0.3 is 0 Å². The summed E-state index contributed by atoms with van der Waals surface area (Å²) in [5.74, 6) is 2.09. The molecule has 1 atom stereocenters. The van der Waals surface area contributed by atoms with Crippen molar-refractivity contribution < 1.29 is 18.4 Å². The van der Waals surface area contributed by atoms with Crippen molar-refractivity contribution in [3.05, 3.63) is 82.9 Å². The van der Waals surface area contributed by atoms with Gasteiger partial charge in [-0.3, -0.25) is 4.79 Å². The molecule has 2 aromatic carbocycles. The van der Waals surface area contributed by atoms with E-state index < -0.39 is 5.54 Å². The highest BCUT2D eigenvalue weighted by Crippen LogP contribution is 2.32. The number of ether oxygens (including phenoxy) is 1. The van der Waals surface area contributed by atoms with Crippen LogP contribution >= 0.6 is 0 Å². The maximum absolute atomic E-state index is 13.2. The quantitative estimate of drug-likeness (QED) is 0.405. The van der Waals surface area contributed by atoms with Crippen LogP contribution in [0.3, 0.4) is 0 Å². The lowest BCUT2D eigenvalue weighted by Gasteiger charge is -2.20. The Bertz CT molecular complexity index is 1330. The Morgan fingerprint density at radius 3 is 2.51 bits per heavy atom. The first-order valence-electron chi connectivity index (χ1n) is 11.2. The monoisotopic (exact) mass is 475 g/mol. The Morgan fingerprint density at radius 1 is 1.11 bits per heavy atom. The fraction of sp³-hybridized carbons (Fsp3) is 0.308. The number of nitrogens with two attached hydrogens (primary N) is 1. The van der Waals surface area contributed by atoms with Crippen molar-refractivity contribution in [3.63, 3.8) is 0 Å². The second kappa shape index (κ2) is 9.71. The van der Waals surface area contributed by atoms with Crippen LogP contribution in [0.2, 0.25) is 0 Å². The summed E-state index contributed by atoms with van der Waals surface area (Å²) in [5.41, 5.74) is 8.39. The van der Waals surface area contributed by atoms with Gasteiger partial charge in [0.2, 0.25) is 5.89 Å². The fourth-order valence-corrected chi connectivity index (χ4v) is 3.90. The maximum atomic E-state index is 13.2. The molecule has 0 aliphatic heterocycles. The van der Waals surface area contributed by atoms with Crippen LogP contribution in [0.4, 0.5) is 0 Å². The molecule has 4 rings (SSSR count). The number of methoxy groups -OCH3 is 1. The lowest BCUT2D eigenvalue weighted by molar-refractivity contribution is 0.0783. The predicted molar refractivity (Wildman–Crippen MR) is 130 cm³/mol. The first kappa shape index (κ1) is 24.2. The summed E-state index contributed by atoms with van der Waals surface area (Å²) in [5, 5.41) is 8.41. The van der Waals surface area contributed by atoms with E-state index in [1.54, 1.807) is 44.2 Å². The summed E-state index contributed by atoms with van der Waals surface area (Å²) in [6.07, 6.45) is 0.525. The molecule has 2 aromatic heterocycles. The highest BCUT2D eigenvalue weighted by molar-refractivity contribution is 5.95. The molecule has 2 N–H and O–H groups in total. The third-order valence-electron chi connectivity index (χ3n) is 5.74. The molecule has 1 unspecified atom stereocenters. The molecule has 4 aromatic rings. The third kappa shape index (κ3) is 5.25. The second-order valence-electron chi connectivity index (χ2n) is 8.80. The average molecular weight is 476 g/mol. The lowest BCUT2D eigenvalue weighted by atomic mass is 9.94. The van der Waals surface area contributed by atoms with E-state index in [9.17, 15) is 4.79 Å². The molecule has 182 valence electrons. The minimum atomic E-state index is -0.874. The van der Waals surface area contributed by atoms with E-state index in [-0.39, 0.29) is 11.8 Å². The zero-order chi connectivity index (χ0) is 25.2. The number of amides is 1. The Balaban J connectivity index is 1.59. The van der Waals surface area contributed by atoms with E-state index in [2.05, 4.69) is 15.2 Å². The van der Waals surface area contributed by atoms with E-state index in [0.29, 0.717) is 53.1 Å². The topological polar surface area (TPSA) is 121 Å². The Kier molecular flexibility index (Phi) is 6.70. The predicted octanol–water partition coefficient (Wildman–Crippen LogP) is 4.04. The Hall–Kier alpha value is -3.98. The minimum absolute atomic E-state index is 0.193. The number of benzene rings is 2. The van der Waals surface area contributed by atoms with Crippen LogP contribution in [-0.2, 0) is 18.5 Å². The number of carbonyl (C=O) groups excluding carboxylic acids is 1. The number of rotatable bonds is 8. The molecular formula is C26H29N5O4. The van der Waals surface area contributed by atoms with Gasteiger partial charge in [0.15, 0.2) is 5.89 Å². The van der Waals surface area contributed by atoms with Crippen molar-refractivity contribution >= 4 is 5.91 Å². The molecule has 0 aliphatic carbocycles. The summed E-state index contributed by atoms with van der Waals surface area (Å²) in [6, 6.07) is 15.0. The second-order valence-corrected chi connectivity index (χ2v) is 8.80. The van der Waals surface area contributed by atoms with Gasteiger partial charge in [-0.15, -0.1) is 10.2 Å². The van der Waals surface area contributed by atoms with Gasteiger partial charge in [-0.05, 0) is 44.0 Å². The molecule has 0 radical (unpaired) electrons. The number of aryl methyl sites for hydroxylation is 2. The Morgan fingerprint density at radius 2 is 1.86 bits per heavy atom. The molecule has 0 aliphatic rings. The van der Waals surface area contributed by atoms with Gasteiger partial charge in [0.1, 0.15) is 17.2 Å². The first-order chi connectivity index (χ1) is 16.7. The summed E-state index contributed by atoms with van der Waals surface area (Å²) >= 11 is 0. The number of oxazole rings is 1. The van der Waals surface area contributed by atoms with E-state index in [4.69, 9.17) is 19.3 Å². The molecule has 0 saturated carbocycles. The summed E-state index contributed by atoms with van der Waals surface area (Å²) in [7, 11) is 3.26. The standard InChI is InChI=1S/C26H29N5O4/c1-16-21(28-17(2)34-16)15-31(4)24(32)19-11-12-22(33-5)20(13-19)23-29-30-25(35-23)26(3,27)14-18-9-7-6-8-10-18/h6-13H,14-15,27H2,1-5H3. The summed E-state index contributed by atoms with van der Waals surface area (Å²) in [6.45, 7) is 5.77. The van der Waals surface area contributed by atoms with E-state index in [0.717, 1.165) is 5.56 Å². The van der Waals surface area contributed by atoms with Crippen LogP contribution in [0.1, 0.15) is 46.1 Å². The smallest absolute Gasteiger partial charge is 0.253 e. The van der Waals surface area contributed by atoms with Gasteiger partial charge in [-0.2, -0.15) is 0 Å². The van der Waals surface area contributed by atoms with Crippen LogP contribution in [0.5, 0.6) is 5.75 Å². The van der Waals surface area contributed by atoms with Gasteiger partial charge in [-0.25, -0.2) is 4.98 Å². The molecule has 35 heavy (non-hydrogen) atoms. The number of hydrogen-bond acceptors (Lipinski definition) is 8. The zero-order valence-corrected chi connectivity index (χ0v) is 20.5. The van der Waals surface area contributed by atoms with Crippen LogP contribution < -0.4 is 10.5 Å². The number of carbonyl (C=O) groups is 1. The van der Waals surface area contributed by atoms with Gasteiger partial charge in [0, 0.05) is 19.5 Å². The lowest BCUT2D eigenvalue weighted by Crippen LogP contribution is -2.35. The normalized spacial score (nSPS) is 12.9. The molecule has 0 fully saturated rings. The maximum Gasteiger partial charge on any atom is 0.253 e. The number of aromatic nitrogens is 3. The fourth-order valence-electron chi connectivity index (χ4n) is 3.90. The summed E-state index contributed by atoms with van der Waals surface area (Å²) in [4.78, 5) is 19.1. The van der Waals surface area contributed by atoms with E-state index in [1.165, 1.54) is 0 Å². The van der Waals surface area contributed by atoms with Gasteiger partial charge in [0.25, 0.3) is 11.8 Å². The molecule has 0 saturated heterocycles. The van der Waals surface area contributed by atoms with E-state index in [1.807, 2.05) is 44.2 Å². The van der Waals surface area contributed by atoms with Crippen LogP contribution in [0, 0.1) is 13.8 Å². The van der Waals surface area contributed by atoms with Gasteiger partial charge < -0.3 is 24.2 Å². The van der Waals surface area contributed by atoms with Gasteiger partial charge in [-0.1, -0.05) is 30.3 Å². The SMILES string of the molecule is COc1ccc(C(=O)N(C)Cc2nc(C)oc2C)cc1-c1nnc(C(C)(N)Cc2ccccc2)o1. The van der Waals surface area contributed by atoms with Crippen LogP contribution in [0.15, 0.2) is 57.4 Å². The zero-order valence-electron chi connectivity index (χ0n) is 20.5. The minimum Gasteiger partial charge on any atom is -0.496 e. The van der Waals surface area contributed by atoms with Crippen molar-refractivity contribution in [2.24, 2.45) is 5.73 Å². The number of hydrogen-bond donors (Lipinski definition) is 1.